The number of benzene rings is 1. The molecule has 0 spiro atoms. The predicted molar refractivity (Wildman–Crippen MR) is 76.2 cm³/mol. The van der Waals surface area contributed by atoms with E-state index < -0.39 is 5.82 Å². The Labute approximate surface area is 121 Å². The molecule has 0 saturated heterocycles. The Morgan fingerprint density at radius 1 is 1.44 bits per heavy atom. The standard InChI is InChI=1S/C14H17BrClFO/c1-3-14(4-2)12(15)8-13(14)18-9-5-6-10(16)11(17)7-9/h5-7,12-13H,3-4,8H2,1-2H3. The molecule has 1 aromatic carbocycles. The summed E-state index contributed by atoms with van der Waals surface area (Å²) in [6, 6.07) is 4.62. The third-order valence-electron chi connectivity index (χ3n) is 4.17. The molecule has 1 saturated carbocycles. The van der Waals surface area contributed by atoms with Crippen molar-refractivity contribution in [2.24, 2.45) is 5.41 Å². The SMILES string of the molecule is CCC1(CC)C(Br)CC1Oc1ccc(Cl)c(F)c1. The van der Waals surface area contributed by atoms with E-state index in [2.05, 4.69) is 29.8 Å². The van der Waals surface area contributed by atoms with Crippen LogP contribution in [-0.2, 0) is 0 Å². The zero-order valence-corrected chi connectivity index (χ0v) is 12.9. The molecule has 1 nitrogen and oxygen atoms in total. The van der Waals surface area contributed by atoms with Gasteiger partial charge in [-0.1, -0.05) is 41.4 Å². The highest BCUT2D eigenvalue weighted by Gasteiger charge is 2.53. The van der Waals surface area contributed by atoms with Crippen molar-refractivity contribution < 1.29 is 9.13 Å². The van der Waals surface area contributed by atoms with E-state index in [1.807, 2.05) is 0 Å². The van der Waals surface area contributed by atoms with Gasteiger partial charge in [-0.3, -0.25) is 0 Å². The van der Waals surface area contributed by atoms with E-state index in [1.165, 1.54) is 12.1 Å². The Hall–Kier alpha value is -0.280. The summed E-state index contributed by atoms with van der Waals surface area (Å²) in [5.74, 6) is 0.134. The van der Waals surface area contributed by atoms with Crippen molar-refractivity contribution in [1.29, 1.82) is 0 Å². The lowest BCUT2D eigenvalue weighted by molar-refractivity contribution is -0.0412. The first kappa shape index (κ1) is 14.1. The van der Waals surface area contributed by atoms with E-state index in [4.69, 9.17) is 16.3 Å². The molecule has 2 rings (SSSR count). The zero-order valence-electron chi connectivity index (χ0n) is 10.6. The molecule has 0 N–H and O–H groups in total. The molecule has 2 atom stereocenters. The van der Waals surface area contributed by atoms with Crippen LogP contribution in [0.5, 0.6) is 5.75 Å². The summed E-state index contributed by atoms with van der Waals surface area (Å²) < 4.78 is 19.3. The molecule has 0 heterocycles. The summed E-state index contributed by atoms with van der Waals surface area (Å²) in [5.41, 5.74) is 0.163. The zero-order chi connectivity index (χ0) is 13.3. The van der Waals surface area contributed by atoms with Crippen LogP contribution in [-0.4, -0.2) is 10.9 Å². The Kier molecular flexibility index (Phi) is 4.22. The van der Waals surface area contributed by atoms with Crippen molar-refractivity contribution in [2.45, 2.75) is 44.0 Å². The Morgan fingerprint density at radius 3 is 2.61 bits per heavy atom. The largest absolute Gasteiger partial charge is 0.490 e. The minimum absolute atomic E-state index is 0.131. The lowest BCUT2D eigenvalue weighted by Crippen LogP contribution is -2.56. The minimum Gasteiger partial charge on any atom is -0.490 e. The molecule has 1 aliphatic rings. The maximum atomic E-state index is 13.4. The summed E-state index contributed by atoms with van der Waals surface area (Å²) in [6.45, 7) is 4.35. The monoisotopic (exact) mass is 334 g/mol. The van der Waals surface area contributed by atoms with Crippen LogP contribution in [0, 0.1) is 11.2 Å². The van der Waals surface area contributed by atoms with Crippen molar-refractivity contribution in [3.8, 4) is 5.75 Å². The first-order chi connectivity index (χ1) is 8.53. The number of ether oxygens (including phenoxy) is 1. The number of hydrogen-bond acceptors (Lipinski definition) is 1. The highest BCUT2D eigenvalue weighted by atomic mass is 79.9. The van der Waals surface area contributed by atoms with Crippen molar-refractivity contribution in [3.63, 3.8) is 0 Å². The van der Waals surface area contributed by atoms with Gasteiger partial charge in [-0.05, 0) is 31.4 Å². The van der Waals surface area contributed by atoms with E-state index in [9.17, 15) is 4.39 Å². The van der Waals surface area contributed by atoms with Gasteiger partial charge < -0.3 is 4.74 Å². The first-order valence-corrected chi connectivity index (χ1v) is 7.58. The van der Waals surface area contributed by atoms with Crippen LogP contribution < -0.4 is 4.74 Å². The van der Waals surface area contributed by atoms with Crippen LogP contribution in [0.4, 0.5) is 4.39 Å². The molecule has 0 amide bonds. The average molecular weight is 336 g/mol. The molecule has 0 radical (unpaired) electrons. The topological polar surface area (TPSA) is 9.23 Å². The summed E-state index contributed by atoms with van der Waals surface area (Å²) in [7, 11) is 0. The Bertz CT molecular complexity index is 434. The van der Waals surface area contributed by atoms with Gasteiger partial charge in [0.05, 0.1) is 5.02 Å². The normalized spacial score (nSPS) is 25.6. The molecule has 1 aromatic rings. The lowest BCUT2D eigenvalue weighted by Gasteiger charge is -2.52. The molecule has 0 bridgehead atoms. The first-order valence-electron chi connectivity index (χ1n) is 6.29. The van der Waals surface area contributed by atoms with Gasteiger partial charge in [0, 0.05) is 16.3 Å². The molecular weight excluding hydrogens is 319 g/mol. The van der Waals surface area contributed by atoms with E-state index >= 15 is 0 Å². The maximum Gasteiger partial charge on any atom is 0.145 e. The summed E-state index contributed by atoms with van der Waals surface area (Å²) in [6.07, 6.45) is 3.23. The van der Waals surface area contributed by atoms with Crippen molar-refractivity contribution in [2.75, 3.05) is 0 Å². The second kappa shape index (κ2) is 5.38. The lowest BCUT2D eigenvalue weighted by atomic mass is 9.62. The Morgan fingerprint density at radius 2 is 2.11 bits per heavy atom. The third kappa shape index (κ3) is 2.27. The van der Waals surface area contributed by atoms with Gasteiger partial charge in [0.1, 0.15) is 17.7 Å². The minimum atomic E-state index is -0.428. The fourth-order valence-electron chi connectivity index (χ4n) is 2.73. The summed E-state index contributed by atoms with van der Waals surface area (Å²) >= 11 is 9.37. The Balaban J connectivity index is 2.12. The number of rotatable bonds is 4. The van der Waals surface area contributed by atoms with Crippen molar-refractivity contribution >= 4 is 27.5 Å². The van der Waals surface area contributed by atoms with Gasteiger partial charge in [-0.15, -0.1) is 0 Å². The predicted octanol–water partition coefficient (Wildman–Crippen LogP) is 5.20. The molecule has 18 heavy (non-hydrogen) atoms. The number of alkyl halides is 1. The van der Waals surface area contributed by atoms with E-state index in [-0.39, 0.29) is 16.5 Å². The molecule has 0 aromatic heterocycles. The highest BCUT2D eigenvalue weighted by Crippen LogP contribution is 2.52. The van der Waals surface area contributed by atoms with Gasteiger partial charge in [-0.2, -0.15) is 0 Å². The summed E-state index contributed by atoms with van der Waals surface area (Å²) in [5, 5.41) is 0.131. The average Bonchev–Trinajstić information content (AvgIpc) is 2.35. The van der Waals surface area contributed by atoms with E-state index in [1.54, 1.807) is 6.07 Å². The smallest absolute Gasteiger partial charge is 0.145 e. The molecule has 4 heteroatoms. The van der Waals surface area contributed by atoms with Gasteiger partial charge in [0.15, 0.2) is 0 Å². The summed E-state index contributed by atoms with van der Waals surface area (Å²) in [4.78, 5) is 0.488. The van der Waals surface area contributed by atoms with Crippen LogP contribution in [0.2, 0.25) is 5.02 Å². The van der Waals surface area contributed by atoms with Crippen LogP contribution >= 0.6 is 27.5 Å². The molecule has 1 fully saturated rings. The van der Waals surface area contributed by atoms with Crippen LogP contribution in [0.3, 0.4) is 0 Å². The fraction of sp³-hybridized carbons (Fsp3) is 0.571. The molecule has 1 aliphatic carbocycles. The molecule has 2 unspecified atom stereocenters. The second-order valence-electron chi connectivity index (χ2n) is 4.83. The van der Waals surface area contributed by atoms with Crippen LogP contribution in [0.15, 0.2) is 18.2 Å². The fourth-order valence-corrected chi connectivity index (χ4v) is 4.13. The third-order valence-corrected chi connectivity index (χ3v) is 5.76. The van der Waals surface area contributed by atoms with E-state index in [0.717, 1.165) is 19.3 Å². The van der Waals surface area contributed by atoms with Gasteiger partial charge >= 0.3 is 0 Å². The quantitative estimate of drug-likeness (QED) is 0.687. The maximum absolute atomic E-state index is 13.4. The molecule has 100 valence electrons. The van der Waals surface area contributed by atoms with Crippen LogP contribution in [0.1, 0.15) is 33.1 Å². The van der Waals surface area contributed by atoms with E-state index in [0.29, 0.717) is 10.6 Å². The van der Waals surface area contributed by atoms with Gasteiger partial charge in [0.2, 0.25) is 0 Å². The van der Waals surface area contributed by atoms with Crippen molar-refractivity contribution in [1.82, 2.24) is 0 Å². The van der Waals surface area contributed by atoms with Gasteiger partial charge in [0.25, 0.3) is 0 Å². The van der Waals surface area contributed by atoms with Gasteiger partial charge in [-0.25, -0.2) is 4.39 Å². The number of halogens is 3. The second-order valence-corrected chi connectivity index (χ2v) is 6.34. The highest BCUT2D eigenvalue weighted by molar-refractivity contribution is 9.09. The van der Waals surface area contributed by atoms with Crippen LogP contribution in [0.25, 0.3) is 0 Å². The number of hydrogen-bond donors (Lipinski definition) is 0. The van der Waals surface area contributed by atoms with Crippen molar-refractivity contribution in [3.05, 3.63) is 29.0 Å². The molecular formula is C14H17BrClFO. The molecule has 0 aliphatic heterocycles.